The Morgan fingerprint density at radius 2 is 1.65 bits per heavy atom. The fraction of sp³-hybridized carbons (Fsp3) is 0.0833. The first-order valence-corrected chi connectivity index (χ1v) is 9.86. The Kier molecular flexibility index (Phi) is 6.13. The number of amides is 2. The van der Waals surface area contributed by atoms with Crippen LogP contribution in [0.1, 0.15) is 15.9 Å². The van der Waals surface area contributed by atoms with Crippen LogP contribution >= 0.6 is 0 Å². The second kappa shape index (κ2) is 9.49. The molecule has 2 aromatic carbocycles. The van der Waals surface area contributed by atoms with Crippen LogP contribution in [0.4, 0.5) is 5.69 Å². The minimum absolute atomic E-state index is 0.302. The highest BCUT2D eigenvalue weighted by Gasteiger charge is 2.22. The maximum absolute atomic E-state index is 13.0. The molecule has 2 N–H and O–H groups in total. The molecule has 1 unspecified atom stereocenters. The minimum atomic E-state index is -0.749. The quantitative estimate of drug-likeness (QED) is 0.489. The molecule has 2 aromatic heterocycles. The molecule has 0 aliphatic carbocycles. The van der Waals surface area contributed by atoms with Crippen molar-refractivity contribution in [1.29, 1.82) is 0 Å². The number of nitrogens with zero attached hydrogens (tertiary/aromatic N) is 3. The molecule has 0 saturated heterocycles. The van der Waals surface area contributed by atoms with E-state index in [-0.39, 0.29) is 11.8 Å². The second-order valence-corrected chi connectivity index (χ2v) is 6.93. The lowest BCUT2D eigenvalue weighted by Crippen LogP contribution is -2.45. The van der Waals surface area contributed by atoms with Gasteiger partial charge in [-0.05, 0) is 35.9 Å². The maximum Gasteiger partial charge on any atom is 0.251 e. The molecule has 1 atom stereocenters. The summed E-state index contributed by atoms with van der Waals surface area (Å²) >= 11 is 0. The first-order valence-electron chi connectivity index (χ1n) is 9.86. The highest BCUT2D eigenvalue weighted by molar-refractivity contribution is 6.01. The number of aromatic nitrogens is 3. The van der Waals surface area contributed by atoms with Crippen LogP contribution in [-0.4, -0.2) is 32.6 Å². The summed E-state index contributed by atoms with van der Waals surface area (Å²) in [4.78, 5) is 30.0. The fourth-order valence-corrected chi connectivity index (χ4v) is 3.12. The third-order valence-electron chi connectivity index (χ3n) is 4.69. The van der Waals surface area contributed by atoms with Crippen LogP contribution in [0.2, 0.25) is 0 Å². The standard InChI is InChI=1S/C24H21N5O2/c30-23(19-10-5-2-6-11-19)28-21(16-18-8-3-1-4-9-18)24(31)27-20-12-13-22(25-17-20)29-15-7-14-26-29/h1-15,17,21H,16H2,(H,27,31)(H,28,30). The molecule has 0 aliphatic rings. The summed E-state index contributed by atoms with van der Waals surface area (Å²) in [5.41, 5.74) is 1.98. The van der Waals surface area contributed by atoms with Gasteiger partial charge in [0.2, 0.25) is 5.91 Å². The Morgan fingerprint density at radius 3 is 2.29 bits per heavy atom. The number of carbonyl (C=O) groups is 2. The number of pyridine rings is 1. The summed E-state index contributed by atoms with van der Waals surface area (Å²) < 4.78 is 1.63. The summed E-state index contributed by atoms with van der Waals surface area (Å²) in [7, 11) is 0. The normalized spacial score (nSPS) is 11.5. The zero-order valence-electron chi connectivity index (χ0n) is 16.7. The van der Waals surface area contributed by atoms with Gasteiger partial charge in [-0.15, -0.1) is 0 Å². The number of anilines is 1. The molecule has 4 rings (SSSR count). The van der Waals surface area contributed by atoms with Gasteiger partial charge in [0.15, 0.2) is 5.82 Å². The van der Waals surface area contributed by atoms with E-state index in [0.29, 0.717) is 23.5 Å². The predicted molar refractivity (Wildman–Crippen MR) is 118 cm³/mol. The first kappa shape index (κ1) is 20.0. The average molecular weight is 411 g/mol. The number of carbonyl (C=O) groups excluding carboxylic acids is 2. The maximum atomic E-state index is 13.0. The monoisotopic (exact) mass is 411 g/mol. The summed E-state index contributed by atoms with van der Waals surface area (Å²) in [5, 5.41) is 9.83. The van der Waals surface area contributed by atoms with Gasteiger partial charge >= 0.3 is 0 Å². The van der Waals surface area contributed by atoms with Crippen LogP contribution < -0.4 is 10.6 Å². The van der Waals surface area contributed by atoms with Crippen LogP contribution in [0.3, 0.4) is 0 Å². The van der Waals surface area contributed by atoms with Gasteiger partial charge < -0.3 is 10.6 Å². The highest BCUT2D eigenvalue weighted by atomic mass is 16.2. The zero-order chi connectivity index (χ0) is 21.5. The average Bonchev–Trinajstić information content (AvgIpc) is 3.35. The van der Waals surface area contributed by atoms with Gasteiger partial charge in [-0.2, -0.15) is 5.10 Å². The van der Waals surface area contributed by atoms with Crippen molar-refractivity contribution < 1.29 is 9.59 Å². The van der Waals surface area contributed by atoms with Crippen molar-refractivity contribution >= 4 is 17.5 Å². The van der Waals surface area contributed by atoms with Crippen molar-refractivity contribution in [2.24, 2.45) is 0 Å². The van der Waals surface area contributed by atoms with Crippen LogP contribution in [0.25, 0.3) is 5.82 Å². The minimum Gasteiger partial charge on any atom is -0.340 e. The zero-order valence-corrected chi connectivity index (χ0v) is 16.7. The second-order valence-electron chi connectivity index (χ2n) is 6.93. The lowest BCUT2D eigenvalue weighted by Gasteiger charge is -2.19. The van der Waals surface area contributed by atoms with Crippen molar-refractivity contribution in [1.82, 2.24) is 20.1 Å². The van der Waals surface area contributed by atoms with Crippen molar-refractivity contribution in [3.05, 3.63) is 109 Å². The molecule has 154 valence electrons. The van der Waals surface area contributed by atoms with E-state index in [1.165, 1.54) is 0 Å². The summed E-state index contributed by atoms with van der Waals surface area (Å²) in [6.07, 6.45) is 5.38. The van der Waals surface area contributed by atoms with Gasteiger partial charge in [-0.3, -0.25) is 9.59 Å². The van der Waals surface area contributed by atoms with E-state index in [1.54, 1.807) is 65.7 Å². The molecular formula is C24H21N5O2. The number of rotatable bonds is 7. The summed E-state index contributed by atoms with van der Waals surface area (Å²) in [6, 6.07) is 23.0. The van der Waals surface area contributed by atoms with Crippen LogP contribution in [0.15, 0.2) is 97.5 Å². The van der Waals surface area contributed by atoms with Gasteiger partial charge in [0.25, 0.3) is 5.91 Å². The molecule has 0 aliphatic heterocycles. The summed E-state index contributed by atoms with van der Waals surface area (Å²) in [5.74, 6) is 0.0202. The van der Waals surface area contributed by atoms with E-state index < -0.39 is 6.04 Å². The van der Waals surface area contributed by atoms with Gasteiger partial charge in [0.1, 0.15) is 6.04 Å². The Morgan fingerprint density at radius 1 is 0.903 bits per heavy atom. The van der Waals surface area contributed by atoms with Crippen LogP contribution in [0.5, 0.6) is 0 Å². The van der Waals surface area contributed by atoms with Gasteiger partial charge in [-0.1, -0.05) is 48.5 Å². The van der Waals surface area contributed by atoms with Crippen molar-refractivity contribution in [3.8, 4) is 5.82 Å². The van der Waals surface area contributed by atoms with Crippen molar-refractivity contribution in [3.63, 3.8) is 0 Å². The molecule has 4 aromatic rings. The van der Waals surface area contributed by atoms with E-state index in [1.807, 2.05) is 36.4 Å². The molecule has 7 nitrogen and oxygen atoms in total. The smallest absolute Gasteiger partial charge is 0.251 e. The Hall–Kier alpha value is -4.26. The van der Waals surface area contributed by atoms with E-state index in [2.05, 4.69) is 20.7 Å². The largest absolute Gasteiger partial charge is 0.340 e. The molecule has 0 bridgehead atoms. The third kappa shape index (κ3) is 5.22. The first-order chi connectivity index (χ1) is 15.2. The molecule has 0 radical (unpaired) electrons. The number of hydrogen-bond donors (Lipinski definition) is 2. The van der Waals surface area contributed by atoms with E-state index in [4.69, 9.17) is 0 Å². The number of nitrogens with one attached hydrogen (secondary N) is 2. The molecule has 2 heterocycles. The Labute approximate surface area is 179 Å². The van der Waals surface area contributed by atoms with Crippen molar-refractivity contribution in [2.75, 3.05) is 5.32 Å². The lowest BCUT2D eigenvalue weighted by atomic mass is 10.0. The molecule has 2 amide bonds. The molecule has 0 fully saturated rings. The van der Waals surface area contributed by atoms with Crippen LogP contribution in [-0.2, 0) is 11.2 Å². The number of benzene rings is 2. The molecule has 0 spiro atoms. The third-order valence-corrected chi connectivity index (χ3v) is 4.69. The SMILES string of the molecule is O=C(NC(Cc1ccccc1)C(=O)Nc1ccc(-n2cccn2)nc1)c1ccccc1. The highest BCUT2D eigenvalue weighted by Crippen LogP contribution is 2.12. The van der Waals surface area contributed by atoms with E-state index in [9.17, 15) is 9.59 Å². The topological polar surface area (TPSA) is 88.9 Å². The lowest BCUT2D eigenvalue weighted by molar-refractivity contribution is -0.118. The van der Waals surface area contributed by atoms with Crippen molar-refractivity contribution in [2.45, 2.75) is 12.5 Å². The Bertz CT molecular complexity index is 1130. The fourth-order valence-electron chi connectivity index (χ4n) is 3.12. The van der Waals surface area contributed by atoms with E-state index >= 15 is 0 Å². The van der Waals surface area contributed by atoms with Gasteiger partial charge in [0, 0.05) is 24.4 Å². The summed E-state index contributed by atoms with van der Waals surface area (Å²) in [6.45, 7) is 0. The van der Waals surface area contributed by atoms with Gasteiger partial charge in [0.05, 0.1) is 11.9 Å². The molecule has 7 heteroatoms. The Balaban J connectivity index is 1.49. The van der Waals surface area contributed by atoms with Crippen LogP contribution in [0, 0.1) is 0 Å². The van der Waals surface area contributed by atoms with E-state index in [0.717, 1.165) is 5.56 Å². The van der Waals surface area contributed by atoms with Gasteiger partial charge in [-0.25, -0.2) is 9.67 Å². The predicted octanol–water partition coefficient (Wildman–Crippen LogP) is 3.25. The molecular weight excluding hydrogens is 390 g/mol. The number of hydrogen-bond acceptors (Lipinski definition) is 4. The molecule has 31 heavy (non-hydrogen) atoms. The molecule has 0 saturated carbocycles.